The van der Waals surface area contributed by atoms with Crippen molar-refractivity contribution >= 4 is 35.0 Å². The molecule has 4 heteroatoms. The molecule has 0 saturated heterocycles. The highest BCUT2D eigenvalue weighted by molar-refractivity contribution is 8.00. The van der Waals surface area contributed by atoms with Crippen LogP contribution in [0.25, 0.3) is 0 Å². The minimum atomic E-state index is -0.173. The van der Waals surface area contributed by atoms with E-state index in [1.165, 1.54) is 22.9 Å². The van der Waals surface area contributed by atoms with Crippen LogP contribution in [0.5, 0.6) is 0 Å². The Morgan fingerprint density at radius 1 is 1.10 bits per heavy atom. The van der Waals surface area contributed by atoms with Crippen molar-refractivity contribution in [3.63, 3.8) is 0 Å². The lowest BCUT2D eigenvalue weighted by Crippen LogP contribution is -2.22. The molecule has 1 N–H and O–H groups in total. The molecule has 0 aromatic heterocycles. The summed E-state index contributed by atoms with van der Waals surface area (Å²) in [5, 5.41) is 3.48. The van der Waals surface area contributed by atoms with Crippen LogP contribution in [-0.2, 0) is 4.79 Å². The summed E-state index contributed by atoms with van der Waals surface area (Å²) in [5.74, 6) is -0.00166. The lowest BCUT2D eigenvalue weighted by Gasteiger charge is -2.13. The van der Waals surface area contributed by atoms with Gasteiger partial charge in [-0.05, 0) is 68.3 Å². The monoisotopic (exact) mass is 319 g/mol. The maximum Gasteiger partial charge on any atom is 0.237 e. The van der Waals surface area contributed by atoms with E-state index >= 15 is 0 Å². The summed E-state index contributed by atoms with van der Waals surface area (Å²) in [4.78, 5) is 13.3. The van der Waals surface area contributed by atoms with Crippen LogP contribution in [0.1, 0.15) is 18.1 Å². The molecule has 0 aliphatic heterocycles. The minimum absolute atomic E-state index is 0.00166. The Morgan fingerprint density at radius 2 is 1.76 bits per heavy atom. The number of nitrogens with one attached hydrogen (secondary N) is 1. The van der Waals surface area contributed by atoms with Crippen molar-refractivity contribution in [2.75, 3.05) is 5.32 Å². The fraction of sp³-hybridized carbons (Fsp3) is 0.235. The van der Waals surface area contributed by atoms with Crippen LogP contribution in [0.2, 0.25) is 5.02 Å². The van der Waals surface area contributed by atoms with Crippen molar-refractivity contribution in [3.8, 4) is 0 Å². The van der Waals surface area contributed by atoms with Crippen molar-refractivity contribution in [1.82, 2.24) is 0 Å². The van der Waals surface area contributed by atoms with Gasteiger partial charge in [-0.3, -0.25) is 4.79 Å². The number of thioether (sulfide) groups is 1. The van der Waals surface area contributed by atoms with Crippen LogP contribution in [0, 0.1) is 13.8 Å². The zero-order chi connectivity index (χ0) is 15.4. The summed E-state index contributed by atoms with van der Waals surface area (Å²) in [5.41, 5.74) is 3.23. The van der Waals surface area contributed by atoms with Crippen molar-refractivity contribution in [3.05, 3.63) is 58.6 Å². The fourth-order valence-corrected chi connectivity index (χ4v) is 2.83. The average molecular weight is 320 g/mol. The summed E-state index contributed by atoms with van der Waals surface area (Å²) in [6.07, 6.45) is 0. The second-order valence-electron chi connectivity index (χ2n) is 5.00. The van der Waals surface area contributed by atoms with Gasteiger partial charge in [0, 0.05) is 15.6 Å². The van der Waals surface area contributed by atoms with Crippen LogP contribution < -0.4 is 5.32 Å². The second-order valence-corrected chi connectivity index (χ2v) is 6.85. The van der Waals surface area contributed by atoms with Gasteiger partial charge < -0.3 is 5.32 Å². The lowest BCUT2D eigenvalue weighted by atomic mass is 10.1. The second kappa shape index (κ2) is 7.01. The third-order valence-electron chi connectivity index (χ3n) is 3.27. The quantitative estimate of drug-likeness (QED) is 0.796. The summed E-state index contributed by atoms with van der Waals surface area (Å²) in [7, 11) is 0. The van der Waals surface area contributed by atoms with Gasteiger partial charge in [-0.1, -0.05) is 17.7 Å². The summed E-state index contributed by atoms with van der Waals surface area (Å²) >= 11 is 7.37. The standard InChI is InChI=1S/C17H18ClNOS/c1-11-4-7-15(10-12(11)2)19-17(20)13(3)21-16-8-5-14(18)6-9-16/h4-10,13H,1-3H3,(H,19,20)/t13-/m1/s1. The molecule has 1 amide bonds. The van der Waals surface area contributed by atoms with Gasteiger partial charge in [-0.25, -0.2) is 0 Å². The van der Waals surface area contributed by atoms with Crippen LogP contribution in [0.3, 0.4) is 0 Å². The highest BCUT2D eigenvalue weighted by Crippen LogP contribution is 2.25. The molecule has 2 rings (SSSR count). The molecule has 0 unspecified atom stereocenters. The van der Waals surface area contributed by atoms with E-state index in [9.17, 15) is 4.79 Å². The van der Waals surface area contributed by atoms with E-state index in [1.54, 1.807) is 0 Å². The normalized spacial score (nSPS) is 12.0. The first-order valence-corrected chi connectivity index (χ1v) is 8.02. The molecule has 0 bridgehead atoms. The molecule has 0 saturated carbocycles. The molecule has 2 aromatic rings. The topological polar surface area (TPSA) is 29.1 Å². The maximum absolute atomic E-state index is 12.2. The number of hydrogen-bond donors (Lipinski definition) is 1. The van der Waals surface area contributed by atoms with E-state index in [2.05, 4.69) is 12.2 Å². The van der Waals surface area contributed by atoms with Gasteiger partial charge in [0.2, 0.25) is 5.91 Å². The molecule has 0 heterocycles. The number of carbonyl (C=O) groups excluding carboxylic acids is 1. The SMILES string of the molecule is Cc1ccc(NC(=O)[C@@H](C)Sc2ccc(Cl)cc2)cc1C. The van der Waals surface area contributed by atoms with E-state index in [0.29, 0.717) is 5.02 Å². The van der Waals surface area contributed by atoms with E-state index in [-0.39, 0.29) is 11.2 Å². The van der Waals surface area contributed by atoms with E-state index in [4.69, 9.17) is 11.6 Å². The number of aryl methyl sites for hydroxylation is 2. The third kappa shape index (κ3) is 4.51. The Hall–Kier alpha value is -1.45. The van der Waals surface area contributed by atoms with Gasteiger partial charge in [-0.2, -0.15) is 0 Å². The van der Waals surface area contributed by atoms with Gasteiger partial charge in [0.05, 0.1) is 5.25 Å². The highest BCUT2D eigenvalue weighted by Gasteiger charge is 2.14. The van der Waals surface area contributed by atoms with Crippen LogP contribution in [0.15, 0.2) is 47.4 Å². The molecule has 0 spiro atoms. The van der Waals surface area contributed by atoms with E-state index in [0.717, 1.165) is 10.6 Å². The van der Waals surface area contributed by atoms with Crippen LogP contribution in [0.4, 0.5) is 5.69 Å². The first kappa shape index (κ1) is 15.9. The Kier molecular flexibility index (Phi) is 5.32. The predicted molar refractivity (Wildman–Crippen MR) is 91.3 cm³/mol. The summed E-state index contributed by atoms with van der Waals surface area (Å²) in [6.45, 7) is 5.99. The Bertz CT molecular complexity index is 640. The van der Waals surface area contributed by atoms with Gasteiger partial charge >= 0.3 is 0 Å². The van der Waals surface area contributed by atoms with Crippen molar-refractivity contribution in [2.45, 2.75) is 30.9 Å². The summed E-state index contributed by atoms with van der Waals surface area (Å²) in [6, 6.07) is 13.4. The molecule has 0 aliphatic carbocycles. The fourth-order valence-electron chi connectivity index (χ4n) is 1.83. The number of anilines is 1. The maximum atomic E-state index is 12.2. The van der Waals surface area contributed by atoms with Gasteiger partial charge in [0.25, 0.3) is 0 Å². The van der Waals surface area contributed by atoms with E-state index in [1.807, 2.05) is 56.3 Å². The number of rotatable bonds is 4. The lowest BCUT2D eigenvalue weighted by molar-refractivity contribution is -0.115. The smallest absolute Gasteiger partial charge is 0.237 e. The summed E-state index contributed by atoms with van der Waals surface area (Å²) < 4.78 is 0. The zero-order valence-electron chi connectivity index (χ0n) is 12.3. The molecule has 0 aliphatic rings. The number of halogens is 1. The third-order valence-corrected chi connectivity index (χ3v) is 4.63. The average Bonchev–Trinajstić information content (AvgIpc) is 2.45. The van der Waals surface area contributed by atoms with Crippen molar-refractivity contribution < 1.29 is 4.79 Å². The van der Waals surface area contributed by atoms with Crippen LogP contribution in [-0.4, -0.2) is 11.2 Å². The molecule has 0 fully saturated rings. The van der Waals surface area contributed by atoms with Crippen molar-refractivity contribution in [2.24, 2.45) is 0 Å². The minimum Gasteiger partial charge on any atom is -0.325 e. The van der Waals surface area contributed by atoms with Crippen LogP contribution >= 0.6 is 23.4 Å². The molecule has 1 atom stereocenters. The Balaban J connectivity index is 1.98. The first-order chi connectivity index (χ1) is 9.95. The number of amides is 1. The van der Waals surface area contributed by atoms with Gasteiger partial charge in [0.15, 0.2) is 0 Å². The molecular weight excluding hydrogens is 302 g/mol. The number of hydrogen-bond acceptors (Lipinski definition) is 2. The molecule has 2 nitrogen and oxygen atoms in total. The van der Waals surface area contributed by atoms with Crippen molar-refractivity contribution in [1.29, 1.82) is 0 Å². The zero-order valence-corrected chi connectivity index (χ0v) is 13.9. The molecular formula is C17H18ClNOS. The Labute approximate surface area is 134 Å². The number of carbonyl (C=O) groups is 1. The largest absolute Gasteiger partial charge is 0.325 e. The van der Waals surface area contributed by atoms with Gasteiger partial charge in [0.1, 0.15) is 0 Å². The first-order valence-electron chi connectivity index (χ1n) is 6.76. The van der Waals surface area contributed by atoms with E-state index < -0.39 is 0 Å². The highest BCUT2D eigenvalue weighted by atomic mass is 35.5. The molecule has 21 heavy (non-hydrogen) atoms. The molecule has 110 valence electrons. The Morgan fingerprint density at radius 3 is 2.38 bits per heavy atom. The predicted octanol–water partition coefficient (Wildman–Crippen LogP) is 5.08. The molecule has 0 radical (unpaired) electrons. The molecule has 2 aromatic carbocycles. The van der Waals surface area contributed by atoms with Gasteiger partial charge in [-0.15, -0.1) is 11.8 Å². The number of benzene rings is 2.